The number of ether oxygens (including phenoxy) is 2. The Morgan fingerprint density at radius 1 is 1.09 bits per heavy atom. The summed E-state index contributed by atoms with van der Waals surface area (Å²) in [6.45, 7) is 7.88. The van der Waals surface area contributed by atoms with Crippen LogP contribution in [0.5, 0.6) is 5.75 Å². The number of methoxy groups -OCH3 is 1. The van der Waals surface area contributed by atoms with Crippen LogP contribution in [-0.2, 0) is 10.3 Å². The SMILES string of the molecule is COc1ccccc1-c1nc(C2(O)CC(C)(C)OC(C)(C)C2)cn1-c1ccc(F)c(Cl)c1. The van der Waals surface area contributed by atoms with Gasteiger partial charge >= 0.3 is 0 Å². The molecule has 5 nitrogen and oxygen atoms in total. The van der Waals surface area contributed by atoms with Crippen molar-refractivity contribution < 1.29 is 19.0 Å². The van der Waals surface area contributed by atoms with Crippen LogP contribution in [0.25, 0.3) is 17.1 Å². The molecule has 0 amide bonds. The van der Waals surface area contributed by atoms with Crippen LogP contribution in [0, 0.1) is 5.82 Å². The van der Waals surface area contributed by atoms with Gasteiger partial charge in [0.1, 0.15) is 23.0 Å². The number of para-hydroxylation sites is 1. The lowest BCUT2D eigenvalue weighted by atomic mass is 9.76. The van der Waals surface area contributed by atoms with Gasteiger partial charge in [-0.05, 0) is 58.0 Å². The lowest BCUT2D eigenvalue weighted by molar-refractivity contribution is -0.224. The molecule has 0 atom stereocenters. The number of nitrogens with zero attached hydrogens (tertiary/aromatic N) is 2. The van der Waals surface area contributed by atoms with Crippen LogP contribution in [-0.4, -0.2) is 33.0 Å². The summed E-state index contributed by atoms with van der Waals surface area (Å²) in [5.74, 6) is 0.704. The highest BCUT2D eigenvalue weighted by Gasteiger charge is 2.49. The molecule has 1 aromatic heterocycles. The minimum Gasteiger partial charge on any atom is -0.496 e. The maximum absolute atomic E-state index is 13.9. The Balaban J connectivity index is 1.93. The number of rotatable bonds is 4. The summed E-state index contributed by atoms with van der Waals surface area (Å²) in [6, 6.07) is 12.0. The molecule has 0 spiro atoms. The van der Waals surface area contributed by atoms with Gasteiger partial charge in [0.2, 0.25) is 0 Å². The van der Waals surface area contributed by atoms with Crippen LogP contribution in [0.2, 0.25) is 5.02 Å². The summed E-state index contributed by atoms with van der Waals surface area (Å²) >= 11 is 6.08. The zero-order valence-corrected chi connectivity index (χ0v) is 19.7. The molecule has 2 heterocycles. The van der Waals surface area contributed by atoms with Crippen molar-refractivity contribution in [2.24, 2.45) is 0 Å². The molecule has 32 heavy (non-hydrogen) atoms. The number of aliphatic hydroxyl groups is 1. The molecule has 3 aromatic rings. The van der Waals surface area contributed by atoms with E-state index in [9.17, 15) is 9.50 Å². The fourth-order valence-corrected chi connectivity index (χ4v) is 5.10. The fraction of sp³-hybridized carbons (Fsp3) is 0.400. The van der Waals surface area contributed by atoms with E-state index in [1.807, 2.05) is 56.5 Å². The highest BCUT2D eigenvalue weighted by Crippen LogP contribution is 2.47. The lowest BCUT2D eigenvalue weighted by Crippen LogP contribution is -2.52. The van der Waals surface area contributed by atoms with Crippen molar-refractivity contribution in [2.75, 3.05) is 7.11 Å². The molecular formula is C25H28ClFN2O3. The third-order valence-corrected chi connectivity index (χ3v) is 5.99. The topological polar surface area (TPSA) is 56.5 Å². The van der Waals surface area contributed by atoms with Crippen molar-refractivity contribution >= 4 is 11.6 Å². The first-order valence-electron chi connectivity index (χ1n) is 10.5. The Morgan fingerprint density at radius 2 is 1.75 bits per heavy atom. The van der Waals surface area contributed by atoms with E-state index in [1.54, 1.807) is 25.4 Å². The van der Waals surface area contributed by atoms with Crippen LogP contribution in [0.15, 0.2) is 48.7 Å². The van der Waals surface area contributed by atoms with E-state index in [-0.39, 0.29) is 5.02 Å². The van der Waals surface area contributed by atoms with Gasteiger partial charge in [-0.15, -0.1) is 0 Å². The summed E-state index contributed by atoms with van der Waals surface area (Å²) in [5, 5.41) is 11.8. The quantitative estimate of drug-likeness (QED) is 0.529. The molecule has 1 aliphatic heterocycles. The van der Waals surface area contributed by atoms with Crippen LogP contribution in [0.3, 0.4) is 0 Å². The molecule has 0 radical (unpaired) electrons. The molecular weight excluding hydrogens is 431 g/mol. The normalized spacial score (nSPS) is 19.0. The van der Waals surface area contributed by atoms with Crippen LogP contribution >= 0.6 is 11.6 Å². The average molecular weight is 459 g/mol. The third kappa shape index (κ3) is 4.27. The Kier molecular flexibility index (Phi) is 5.60. The molecule has 7 heteroatoms. The monoisotopic (exact) mass is 458 g/mol. The van der Waals surface area contributed by atoms with Crippen molar-refractivity contribution in [2.45, 2.75) is 57.3 Å². The predicted molar refractivity (Wildman–Crippen MR) is 123 cm³/mol. The zero-order valence-electron chi connectivity index (χ0n) is 18.9. The first-order chi connectivity index (χ1) is 14.9. The second-order valence-electron chi connectivity index (χ2n) is 9.63. The smallest absolute Gasteiger partial charge is 0.148 e. The van der Waals surface area contributed by atoms with Crippen molar-refractivity contribution in [3.63, 3.8) is 0 Å². The van der Waals surface area contributed by atoms with Crippen molar-refractivity contribution in [1.82, 2.24) is 9.55 Å². The van der Waals surface area contributed by atoms with Gasteiger partial charge in [-0.2, -0.15) is 0 Å². The van der Waals surface area contributed by atoms with Gasteiger partial charge in [-0.3, -0.25) is 4.57 Å². The fourth-order valence-electron chi connectivity index (χ4n) is 4.93. The summed E-state index contributed by atoms with van der Waals surface area (Å²) in [6.07, 6.45) is 2.56. The molecule has 1 aliphatic rings. The Bertz CT molecular complexity index is 1140. The average Bonchev–Trinajstić information content (AvgIpc) is 3.13. The molecule has 1 saturated heterocycles. The molecule has 0 bridgehead atoms. The van der Waals surface area contributed by atoms with E-state index in [0.717, 1.165) is 5.56 Å². The third-order valence-electron chi connectivity index (χ3n) is 5.70. The Labute approximate surface area is 192 Å². The minimum absolute atomic E-state index is 0.00997. The predicted octanol–water partition coefficient (Wildman–Crippen LogP) is 5.90. The Morgan fingerprint density at radius 3 is 2.38 bits per heavy atom. The van der Waals surface area contributed by atoms with Crippen LogP contribution in [0.4, 0.5) is 4.39 Å². The highest BCUT2D eigenvalue weighted by molar-refractivity contribution is 6.30. The molecule has 0 unspecified atom stereocenters. The van der Waals surface area contributed by atoms with E-state index < -0.39 is 22.6 Å². The molecule has 0 aliphatic carbocycles. The van der Waals surface area contributed by atoms with Crippen LogP contribution in [0.1, 0.15) is 46.2 Å². The molecule has 170 valence electrons. The number of hydrogen-bond acceptors (Lipinski definition) is 4. The van der Waals surface area contributed by atoms with E-state index in [1.165, 1.54) is 6.07 Å². The molecule has 1 N–H and O–H groups in total. The first kappa shape index (κ1) is 22.8. The van der Waals surface area contributed by atoms with Gasteiger partial charge in [-0.1, -0.05) is 23.7 Å². The molecule has 4 rings (SSSR count). The van der Waals surface area contributed by atoms with Gasteiger partial charge in [0.15, 0.2) is 0 Å². The maximum Gasteiger partial charge on any atom is 0.148 e. The lowest BCUT2D eigenvalue weighted by Gasteiger charge is -2.49. The second-order valence-corrected chi connectivity index (χ2v) is 10.0. The largest absolute Gasteiger partial charge is 0.496 e. The van der Waals surface area contributed by atoms with E-state index in [0.29, 0.717) is 35.8 Å². The van der Waals surface area contributed by atoms with Gasteiger partial charge in [-0.25, -0.2) is 9.37 Å². The number of imidazole rings is 1. The van der Waals surface area contributed by atoms with E-state index >= 15 is 0 Å². The van der Waals surface area contributed by atoms with Gasteiger partial charge in [0.05, 0.1) is 34.6 Å². The van der Waals surface area contributed by atoms with Crippen molar-refractivity contribution in [3.05, 3.63) is 65.2 Å². The Hall–Kier alpha value is -2.41. The van der Waals surface area contributed by atoms with Gasteiger partial charge in [0.25, 0.3) is 0 Å². The summed E-state index contributed by atoms with van der Waals surface area (Å²) in [5.41, 5.74) is -0.394. The molecule has 2 aromatic carbocycles. The standard InChI is InChI=1S/C25H28ClFN2O3/c1-23(2)14-25(30,15-24(3,4)32-23)21-13-29(16-10-11-19(27)18(26)12-16)22(28-21)17-8-6-7-9-20(17)31-5/h6-13,30H,14-15H2,1-5H3. The highest BCUT2D eigenvalue weighted by atomic mass is 35.5. The zero-order chi connectivity index (χ0) is 23.3. The summed E-state index contributed by atoms with van der Waals surface area (Å²) in [4.78, 5) is 4.88. The number of aromatic nitrogens is 2. The molecule has 0 saturated carbocycles. The van der Waals surface area contributed by atoms with Gasteiger partial charge in [0, 0.05) is 24.7 Å². The maximum atomic E-state index is 13.9. The molecule has 1 fully saturated rings. The first-order valence-corrected chi connectivity index (χ1v) is 10.9. The van der Waals surface area contributed by atoms with Gasteiger partial charge < -0.3 is 14.6 Å². The van der Waals surface area contributed by atoms with E-state index in [4.69, 9.17) is 26.1 Å². The number of hydrogen-bond donors (Lipinski definition) is 1. The number of benzene rings is 2. The van der Waals surface area contributed by atoms with Crippen molar-refractivity contribution in [1.29, 1.82) is 0 Å². The summed E-state index contributed by atoms with van der Waals surface area (Å²) in [7, 11) is 1.60. The summed E-state index contributed by atoms with van der Waals surface area (Å²) < 4.78 is 27.4. The van der Waals surface area contributed by atoms with Crippen LogP contribution < -0.4 is 4.74 Å². The van der Waals surface area contributed by atoms with E-state index in [2.05, 4.69) is 0 Å². The number of halogens is 2. The minimum atomic E-state index is -1.21. The second kappa shape index (κ2) is 7.87. The van der Waals surface area contributed by atoms with Crippen molar-refractivity contribution in [3.8, 4) is 22.8 Å².